The van der Waals surface area contributed by atoms with Crippen molar-refractivity contribution in [1.29, 1.82) is 0 Å². The molecule has 4 heteroatoms. The van der Waals surface area contributed by atoms with Gasteiger partial charge in [-0.25, -0.2) is 0 Å². The number of nitrogens with one attached hydrogen (secondary N) is 1. The van der Waals surface area contributed by atoms with E-state index in [1.54, 1.807) is 18.9 Å². The van der Waals surface area contributed by atoms with E-state index >= 15 is 0 Å². The lowest BCUT2D eigenvalue weighted by atomic mass is 10.1. The molecule has 2 unspecified atom stereocenters. The largest absolute Gasteiger partial charge is 0.393 e. The lowest BCUT2D eigenvalue weighted by molar-refractivity contribution is -0.130. The Balaban J connectivity index is 3.80. The van der Waals surface area contributed by atoms with E-state index in [0.717, 1.165) is 0 Å². The van der Waals surface area contributed by atoms with Crippen LogP contribution in [0.2, 0.25) is 0 Å². The summed E-state index contributed by atoms with van der Waals surface area (Å²) < 4.78 is 0. The summed E-state index contributed by atoms with van der Waals surface area (Å²) in [5, 5.41) is 12.2. The average molecular weight is 216 g/mol. The lowest BCUT2D eigenvalue weighted by Gasteiger charge is -2.23. The molecule has 0 fully saturated rings. The van der Waals surface area contributed by atoms with Crippen LogP contribution < -0.4 is 5.32 Å². The van der Waals surface area contributed by atoms with Gasteiger partial charge in [0.15, 0.2) is 0 Å². The molecule has 1 amide bonds. The van der Waals surface area contributed by atoms with Crippen molar-refractivity contribution in [2.24, 2.45) is 0 Å². The highest BCUT2D eigenvalue weighted by Crippen LogP contribution is 1.97. The zero-order valence-electron chi connectivity index (χ0n) is 10.4. The molecule has 4 nitrogen and oxygen atoms in total. The minimum Gasteiger partial charge on any atom is -0.393 e. The number of aliphatic hydroxyl groups excluding tert-OH is 1. The van der Waals surface area contributed by atoms with Crippen LogP contribution in [0.3, 0.4) is 0 Å². The van der Waals surface area contributed by atoms with Crippen LogP contribution in [0, 0.1) is 0 Å². The second-order valence-corrected chi connectivity index (χ2v) is 4.47. The van der Waals surface area contributed by atoms with E-state index in [1.807, 2.05) is 20.8 Å². The van der Waals surface area contributed by atoms with Crippen LogP contribution in [0.4, 0.5) is 0 Å². The maximum atomic E-state index is 11.6. The molecule has 0 aliphatic carbocycles. The molecular weight excluding hydrogens is 192 g/mol. The molecule has 0 bridgehead atoms. The highest BCUT2D eigenvalue weighted by atomic mass is 16.3. The number of carbonyl (C=O) groups excluding carboxylic acids is 1. The minimum absolute atomic E-state index is 0.0856. The molecule has 0 aromatic carbocycles. The Labute approximate surface area is 92.7 Å². The number of likely N-dealkylation sites (N-methyl/N-ethyl adjacent to an activating group) is 1. The smallest absolute Gasteiger partial charge is 0.236 e. The first-order valence-electron chi connectivity index (χ1n) is 5.51. The summed E-state index contributed by atoms with van der Waals surface area (Å²) in [6.07, 6.45) is 0.337. The summed E-state index contributed by atoms with van der Waals surface area (Å²) in [5.74, 6) is 0.0856. The summed E-state index contributed by atoms with van der Waals surface area (Å²) in [5.41, 5.74) is 0. The van der Waals surface area contributed by atoms with E-state index in [4.69, 9.17) is 5.11 Å². The van der Waals surface area contributed by atoms with E-state index < -0.39 is 0 Å². The molecule has 0 aliphatic rings. The Bertz CT molecular complexity index is 193. The summed E-state index contributed by atoms with van der Waals surface area (Å²) in [6, 6.07) is 0.390. The molecule has 2 atom stereocenters. The fraction of sp³-hybridized carbons (Fsp3) is 0.909. The molecule has 0 radical (unpaired) electrons. The van der Waals surface area contributed by atoms with Gasteiger partial charge >= 0.3 is 0 Å². The maximum Gasteiger partial charge on any atom is 0.236 e. The Morgan fingerprint density at radius 3 is 2.27 bits per heavy atom. The van der Waals surface area contributed by atoms with E-state index in [0.29, 0.717) is 13.0 Å². The Morgan fingerprint density at radius 1 is 1.33 bits per heavy atom. The highest BCUT2D eigenvalue weighted by Gasteiger charge is 2.13. The number of hydrogen-bond donors (Lipinski definition) is 2. The summed E-state index contributed by atoms with van der Waals surface area (Å²) >= 11 is 0. The average Bonchev–Trinajstić information content (AvgIpc) is 2.11. The van der Waals surface area contributed by atoms with Gasteiger partial charge in [-0.2, -0.15) is 0 Å². The first-order chi connectivity index (χ1) is 6.84. The van der Waals surface area contributed by atoms with Gasteiger partial charge in [0, 0.05) is 19.1 Å². The number of aliphatic hydroxyl groups is 1. The van der Waals surface area contributed by atoms with Gasteiger partial charge in [0.25, 0.3) is 0 Å². The molecule has 15 heavy (non-hydrogen) atoms. The summed E-state index contributed by atoms with van der Waals surface area (Å²) in [6.45, 7) is 8.02. The van der Waals surface area contributed by atoms with Crippen LogP contribution in [-0.2, 0) is 4.79 Å². The molecule has 2 N–H and O–H groups in total. The normalized spacial score (nSPS) is 15.1. The third-order valence-electron chi connectivity index (χ3n) is 2.46. The zero-order chi connectivity index (χ0) is 12.0. The second-order valence-electron chi connectivity index (χ2n) is 4.47. The molecule has 0 spiro atoms. The number of rotatable bonds is 6. The minimum atomic E-state index is -0.328. The van der Waals surface area contributed by atoms with Crippen molar-refractivity contribution in [2.75, 3.05) is 13.6 Å². The van der Waals surface area contributed by atoms with Gasteiger partial charge in [0.1, 0.15) is 0 Å². The van der Waals surface area contributed by atoms with Crippen molar-refractivity contribution in [1.82, 2.24) is 10.2 Å². The van der Waals surface area contributed by atoms with Crippen molar-refractivity contribution in [3.05, 3.63) is 0 Å². The first kappa shape index (κ1) is 14.4. The van der Waals surface area contributed by atoms with Gasteiger partial charge in [-0.15, -0.1) is 0 Å². The zero-order valence-corrected chi connectivity index (χ0v) is 10.4. The van der Waals surface area contributed by atoms with Crippen LogP contribution in [-0.4, -0.2) is 47.7 Å². The van der Waals surface area contributed by atoms with Crippen molar-refractivity contribution in [2.45, 2.75) is 52.3 Å². The molecule has 0 heterocycles. The number of nitrogens with zero attached hydrogens (tertiary/aromatic N) is 1. The van der Waals surface area contributed by atoms with E-state index in [1.165, 1.54) is 0 Å². The van der Waals surface area contributed by atoms with Crippen molar-refractivity contribution < 1.29 is 9.90 Å². The van der Waals surface area contributed by atoms with E-state index in [-0.39, 0.29) is 24.1 Å². The van der Waals surface area contributed by atoms with Gasteiger partial charge in [-0.1, -0.05) is 0 Å². The predicted molar refractivity (Wildman–Crippen MR) is 61.7 cm³/mol. The molecular formula is C11H24N2O2. The van der Waals surface area contributed by atoms with Gasteiger partial charge in [0.2, 0.25) is 5.91 Å². The van der Waals surface area contributed by atoms with Crippen molar-refractivity contribution in [3.63, 3.8) is 0 Å². The standard InChI is InChI=1S/C11H24N2O2/c1-8(2)13(5)11(15)7-12-9(3)6-10(4)14/h8-10,12,14H,6-7H2,1-5H3. The maximum absolute atomic E-state index is 11.6. The van der Waals surface area contributed by atoms with Crippen LogP contribution in [0.1, 0.15) is 34.1 Å². The number of amides is 1. The van der Waals surface area contributed by atoms with E-state index in [9.17, 15) is 4.79 Å². The van der Waals surface area contributed by atoms with Crippen molar-refractivity contribution in [3.8, 4) is 0 Å². The molecule has 0 rings (SSSR count). The second kappa shape index (κ2) is 6.80. The monoisotopic (exact) mass is 216 g/mol. The number of hydrogen-bond acceptors (Lipinski definition) is 3. The molecule has 90 valence electrons. The topological polar surface area (TPSA) is 52.6 Å². The van der Waals surface area contributed by atoms with E-state index in [2.05, 4.69) is 5.32 Å². The third kappa shape index (κ3) is 6.47. The summed E-state index contributed by atoms with van der Waals surface area (Å²) in [7, 11) is 1.80. The molecule has 0 aliphatic heterocycles. The predicted octanol–water partition coefficient (Wildman–Crippen LogP) is 0.602. The van der Waals surface area contributed by atoms with Crippen molar-refractivity contribution >= 4 is 5.91 Å². The molecule has 0 saturated heterocycles. The van der Waals surface area contributed by atoms with Crippen LogP contribution >= 0.6 is 0 Å². The quantitative estimate of drug-likeness (QED) is 0.683. The van der Waals surface area contributed by atoms with Gasteiger partial charge in [0.05, 0.1) is 12.6 Å². The lowest BCUT2D eigenvalue weighted by Crippen LogP contribution is -2.42. The van der Waals surface area contributed by atoms with Crippen LogP contribution in [0.15, 0.2) is 0 Å². The molecule has 0 saturated carbocycles. The summed E-state index contributed by atoms with van der Waals surface area (Å²) in [4.78, 5) is 13.3. The van der Waals surface area contributed by atoms with Gasteiger partial charge in [-0.3, -0.25) is 4.79 Å². The highest BCUT2D eigenvalue weighted by molar-refractivity contribution is 5.78. The first-order valence-corrected chi connectivity index (χ1v) is 5.51. The fourth-order valence-corrected chi connectivity index (χ4v) is 1.27. The van der Waals surface area contributed by atoms with Gasteiger partial charge in [-0.05, 0) is 34.1 Å². The molecule has 0 aromatic rings. The Kier molecular flexibility index (Phi) is 6.52. The molecule has 0 aromatic heterocycles. The third-order valence-corrected chi connectivity index (χ3v) is 2.46. The fourth-order valence-electron chi connectivity index (χ4n) is 1.27. The Hall–Kier alpha value is -0.610. The van der Waals surface area contributed by atoms with Crippen LogP contribution in [0.5, 0.6) is 0 Å². The van der Waals surface area contributed by atoms with Gasteiger partial charge < -0.3 is 15.3 Å². The van der Waals surface area contributed by atoms with Crippen LogP contribution in [0.25, 0.3) is 0 Å². The Morgan fingerprint density at radius 2 is 1.87 bits per heavy atom. The number of carbonyl (C=O) groups is 1. The SMILES string of the molecule is CC(O)CC(C)NCC(=O)N(C)C(C)C.